The van der Waals surface area contributed by atoms with E-state index in [9.17, 15) is 4.79 Å². The number of benzene rings is 1. The zero-order chi connectivity index (χ0) is 12.1. The van der Waals surface area contributed by atoms with E-state index in [4.69, 9.17) is 5.11 Å². The summed E-state index contributed by atoms with van der Waals surface area (Å²) in [5, 5.41) is 9.14. The molecule has 1 N–H and O–H groups in total. The predicted molar refractivity (Wildman–Crippen MR) is 65.8 cm³/mol. The molecule has 2 heteroatoms. The molecule has 1 atom stereocenters. The Morgan fingerprint density at radius 3 is 2.06 bits per heavy atom. The van der Waals surface area contributed by atoms with Crippen LogP contribution in [0.1, 0.15) is 56.6 Å². The molecule has 16 heavy (non-hydrogen) atoms. The number of hydrogen-bond acceptors (Lipinski definition) is 1. The summed E-state index contributed by atoms with van der Waals surface area (Å²) in [6.07, 6.45) is 1.60. The second-order valence-corrected chi connectivity index (χ2v) is 4.50. The molecule has 0 aromatic heterocycles. The van der Waals surface area contributed by atoms with Crippen LogP contribution in [0.3, 0.4) is 0 Å². The fourth-order valence-electron chi connectivity index (χ4n) is 1.83. The second kappa shape index (κ2) is 5.69. The monoisotopic (exact) mass is 220 g/mol. The molecule has 2 nitrogen and oxygen atoms in total. The first kappa shape index (κ1) is 12.8. The molecule has 0 saturated heterocycles. The van der Waals surface area contributed by atoms with Gasteiger partial charge >= 0.3 is 5.97 Å². The van der Waals surface area contributed by atoms with Gasteiger partial charge in [0.1, 0.15) is 0 Å². The van der Waals surface area contributed by atoms with Crippen molar-refractivity contribution < 1.29 is 9.90 Å². The molecule has 0 heterocycles. The van der Waals surface area contributed by atoms with Gasteiger partial charge in [-0.3, -0.25) is 4.79 Å². The van der Waals surface area contributed by atoms with Crippen molar-refractivity contribution >= 4 is 5.97 Å². The third-order valence-corrected chi connectivity index (χ3v) is 2.88. The van der Waals surface area contributed by atoms with Gasteiger partial charge in [0.05, 0.1) is 5.92 Å². The Hall–Kier alpha value is -1.31. The number of rotatable bonds is 5. The zero-order valence-electron chi connectivity index (χ0n) is 10.2. The van der Waals surface area contributed by atoms with E-state index in [1.807, 2.05) is 31.2 Å². The molecule has 1 unspecified atom stereocenters. The second-order valence-electron chi connectivity index (χ2n) is 4.50. The van der Waals surface area contributed by atoms with Crippen LogP contribution in [0.5, 0.6) is 0 Å². The summed E-state index contributed by atoms with van der Waals surface area (Å²) in [5.41, 5.74) is 2.17. The van der Waals surface area contributed by atoms with Gasteiger partial charge in [0.2, 0.25) is 0 Å². The lowest BCUT2D eigenvalue weighted by atomic mass is 9.92. The van der Waals surface area contributed by atoms with Gasteiger partial charge in [0.15, 0.2) is 0 Å². The van der Waals surface area contributed by atoms with Crippen LogP contribution in [0.25, 0.3) is 0 Å². The van der Waals surface area contributed by atoms with Gasteiger partial charge in [0.25, 0.3) is 0 Å². The van der Waals surface area contributed by atoms with Gasteiger partial charge in [-0.05, 0) is 23.5 Å². The molecule has 1 aromatic rings. The topological polar surface area (TPSA) is 37.3 Å². The third kappa shape index (κ3) is 3.09. The molecule has 88 valence electrons. The Morgan fingerprint density at radius 2 is 1.69 bits per heavy atom. The summed E-state index contributed by atoms with van der Waals surface area (Å²) in [7, 11) is 0. The number of carboxylic acid groups (broad SMARTS) is 1. The maximum atomic E-state index is 11.1. The van der Waals surface area contributed by atoms with Crippen LogP contribution in [0.2, 0.25) is 0 Å². The third-order valence-electron chi connectivity index (χ3n) is 2.88. The maximum absolute atomic E-state index is 11.1. The molecule has 0 bridgehead atoms. The SMILES string of the molecule is CCCC(C(=O)O)c1ccc(C(C)C)cc1. The molecule has 0 amide bonds. The van der Waals surface area contributed by atoms with Crippen LogP contribution in [-0.4, -0.2) is 11.1 Å². The molecule has 1 aromatic carbocycles. The average molecular weight is 220 g/mol. The van der Waals surface area contributed by atoms with Crippen LogP contribution in [-0.2, 0) is 4.79 Å². The van der Waals surface area contributed by atoms with Crippen molar-refractivity contribution in [2.45, 2.75) is 45.4 Å². The van der Waals surface area contributed by atoms with Crippen molar-refractivity contribution in [2.24, 2.45) is 0 Å². The summed E-state index contributed by atoms with van der Waals surface area (Å²) in [5.74, 6) is -0.589. The smallest absolute Gasteiger partial charge is 0.310 e. The van der Waals surface area contributed by atoms with Crippen LogP contribution in [0, 0.1) is 0 Å². The first-order valence-electron chi connectivity index (χ1n) is 5.89. The van der Waals surface area contributed by atoms with Gasteiger partial charge in [0, 0.05) is 0 Å². The fourth-order valence-corrected chi connectivity index (χ4v) is 1.83. The largest absolute Gasteiger partial charge is 0.481 e. The zero-order valence-corrected chi connectivity index (χ0v) is 10.2. The molecule has 0 aliphatic carbocycles. The van der Waals surface area contributed by atoms with Crippen molar-refractivity contribution in [2.75, 3.05) is 0 Å². The summed E-state index contributed by atoms with van der Waals surface area (Å²) in [6.45, 7) is 6.28. The van der Waals surface area contributed by atoms with E-state index in [1.54, 1.807) is 0 Å². The summed E-state index contributed by atoms with van der Waals surface area (Å²) in [6, 6.07) is 7.96. The maximum Gasteiger partial charge on any atom is 0.310 e. The van der Waals surface area contributed by atoms with E-state index < -0.39 is 5.97 Å². The van der Waals surface area contributed by atoms with E-state index >= 15 is 0 Å². The highest BCUT2D eigenvalue weighted by Gasteiger charge is 2.18. The molecular formula is C14H20O2. The number of aliphatic carboxylic acids is 1. The number of carbonyl (C=O) groups is 1. The molecule has 1 rings (SSSR count). The van der Waals surface area contributed by atoms with E-state index in [1.165, 1.54) is 5.56 Å². The van der Waals surface area contributed by atoms with E-state index in [2.05, 4.69) is 13.8 Å². The van der Waals surface area contributed by atoms with E-state index in [-0.39, 0.29) is 5.92 Å². The lowest BCUT2D eigenvalue weighted by Crippen LogP contribution is -2.11. The summed E-state index contributed by atoms with van der Waals surface area (Å²) < 4.78 is 0. The Morgan fingerprint density at radius 1 is 1.19 bits per heavy atom. The van der Waals surface area contributed by atoms with Gasteiger partial charge in [-0.1, -0.05) is 51.5 Å². The van der Waals surface area contributed by atoms with Gasteiger partial charge in [-0.25, -0.2) is 0 Å². The predicted octanol–water partition coefficient (Wildman–Crippen LogP) is 3.78. The number of hydrogen-bond donors (Lipinski definition) is 1. The summed E-state index contributed by atoms with van der Waals surface area (Å²) in [4.78, 5) is 11.1. The Balaban J connectivity index is 2.89. The lowest BCUT2D eigenvalue weighted by Gasteiger charge is -2.13. The average Bonchev–Trinajstić information content (AvgIpc) is 2.25. The van der Waals surface area contributed by atoms with Crippen molar-refractivity contribution in [1.82, 2.24) is 0 Å². The molecule has 0 spiro atoms. The first-order valence-corrected chi connectivity index (χ1v) is 5.89. The van der Waals surface area contributed by atoms with E-state index in [0.29, 0.717) is 12.3 Å². The van der Waals surface area contributed by atoms with Crippen molar-refractivity contribution in [3.63, 3.8) is 0 Å². The van der Waals surface area contributed by atoms with Crippen molar-refractivity contribution in [3.8, 4) is 0 Å². The Kier molecular flexibility index (Phi) is 4.53. The van der Waals surface area contributed by atoms with Crippen LogP contribution >= 0.6 is 0 Å². The van der Waals surface area contributed by atoms with Crippen molar-refractivity contribution in [3.05, 3.63) is 35.4 Å². The minimum atomic E-state index is -0.723. The molecule has 0 aliphatic rings. The van der Waals surface area contributed by atoms with E-state index in [0.717, 1.165) is 12.0 Å². The standard InChI is InChI=1S/C14H20O2/c1-4-5-13(14(15)16)12-8-6-11(7-9-12)10(2)3/h6-10,13H,4-5H2,1-3H3,(H,15,16). The number of carboxylic acids is 1. The molecule has 0 aliphatic heterocycles. The molecule has 0 saturated carbocycles. The van der Waals surface area contributed by atoms with Crippen LogP contribution in [0.4, 0.5) is 0 Å². The minimum Gasteiger partial charge on any atom is -0.481 e. The van der Waals surface area contributed by atoms with Gasteiger partial charge in [-0.2, -0.15) is 0 Å². The van der Waals surface area contributed by atoms with Gasteiger partial charge in [-0.15, -0.1) is 0 Å². The molecule has 0 fully saturated rings. The Labute approximate surface area is 97.3 Å². The molecular weight excluding hydrogens is 200 g/mol. The van der Waals surface area contributed by atoms with Crippen molar-refractivity contribution in [1.29, 1.82) is 0 Å². The highest BCUT2D eigenvalue weighted by atomic mass is 16.4. The first-order chi connectivity index (χ1) is 7.56. The van der Waals surface area contributed by atoms with Crippen LogP contribution < -0.4 is 0 Å². The highest BCUT2D eigenvalue weighted by molar-refractivity contribution is 5.76. The highest BCUT2D eigenvalue weighted by Crippen LogP contribution is 2.23. The minimum absolute atomic E-state index is 0.355. The quantitative estimate of drug-likeness (QED) is 0.820. The van der Waals surface area contributed by atoms with Crippen LogP contribution in [0.15, 0.2) is 24.3 Å². The fraction of sp³-hybridized carbons (Fsp3) is 0.500. The molecule has 0 radical (unpaired) electrons. The van der Waals surface area contributed by atoms with Gasteiger partial charge < -0.3 is 5.11 Å². The normalized spacial score (nSPS) is 12.8. The summed E-state index contributed by atoms with van der Waals surface area (Å²) >= 11 is 0. The lowest BCUT2D eigenvalue weighted by molar-refractivity contribution is -0.139. The Bertz CT molecular complexity index is 338.